The Morgan fingerprint density at radius 3 is 2.63 bits per heavy atom. The summed E-state index contributed by atoms with van der Waals surface area (Å²) in [6.07, 6.45) is 4.52. The number of hydrogen-bond acceptors (Lipinski definition) is 3. The summed E-state index contributed by atoms with van der Waals surface area (Å²) >= 11 is 0. The van der Waals surface area contributed by atoms with Crippen LogP contribution >= 0.6 is 0 Å². The summed E-state index contributed by atoms with van der Waals surface area (Å²) in [5.41, 5.74) is 3.49. The lowest BCUT2D eigenvalue weighted by Crippen LogP contribution is -2.21. The van der Waals surface area contributed by atoms with E-state index in [-0.39, 0.29) is 23.8 Å². The molecule has 1 amide bonds. The molecule has 0 aliphatic rings. The van der Waals surface area contributed by atoms with Crippen LogP contribution in [-0.4, -0.2) is 15.5 Å². The molecule has 0 fully saturated rings. The number of carbonyl (C=O) groups excluding carboxylic acids is 1. The summed E-state index contributed by atoms with van der Waals surface area (Å²) in [6, 6.07) is 11.2. The highest BCUT2D eigenvalue weighted by atomic mass is 19.1. The van der Waals surface area contributed by atoms with E-state index in [1.807, 2.05) is 12.1 Å². The van der Waals surface area contributed by atoms with Crippen LogP contribution < -0.4 is 10.9 Å². The predicted octanol–water partition coefficient (Wildman–Crippen LogP) is 3.06. The summed E-state index contributed by atoms with van der Waals surface area (Å²) in [5.74, 6) is -0.623. The lowest BCUT2D eigenvalue weighted by atomic mass is 9.99. The molecule has 0 saturated carbocycles. The molecule has 0 bridgehead atoms. The van der Waals surface area contributed by atoms with Crippen LogP contribution in [0.4, 0.5) is 4.39 Å². The van der Waals surface area contributed by atoms with E-state index in [0.717, 1.165) is 16.7 Å². The van der Waals surface area contributed by atoms with Gasteiger partial charge in [0.05, 0.1) is 5.69 Å². The molecule has 1 N–H and O–H groups in total. The first-order valence-corrected chi connectivity index (χ1v) is 8.30. The maximum atomic E-state index is 13.2. The number of nitrogens with one attached hydrogen (secondary N) is 1. The Bertz CT molecular complexity index is 1060. The van der Waals surface area contributed by atoms with Gasteiger partial charge < -0.3 is 9.88 Å². The van der Waals surface area contributed by atoms with Crippen LogP contribution in [0.2, 0.25) is 0 Å². The molecule has 3 rings (SSSR count). The lowest BCUT2D eigenvalue weighted by molar-refractivity contribution is -0.116. The Labute approximate surface area is 155 Å². The van der Waals surface area contributed by atoms with E-state index in [2.05, 4.69) is 16.9 Å². The van der Waals surface area contributed by atoms with Crippen molar-refractivity contribution in [3.05, 3.63) is 89.2 Å². The van der Waals surface area contributed by atoms with Crippen LogP contribution in [0, 0.1) is 5.82 Å². The van der Waals surface area contributed by atoms with Gasteiger partial charge in [-0.15, -0.1) is 0 Å². The zero-order valence-corrected chi connectivity index (χ0v) is 14.8. The molecule has 0 atom stereocenters. The van der Waals surface area contributed by atoms with Crippen molar-refractivity contribution in [2.75, 3.05) is 0 Å². The third-order valence-electron chi connectivity index (χ3n) is 4.18. The third kappa shape index (κ3) is 4.17. The van der Waals surface area contributed by atoms with Crippen LogP contribution in [0.3, 0.4) is 0 Å². The minimum absolute atomic E-state index is 0.145. The number of rotatable bonds is 5. The van der Waals surface area contributed by atoms with Gasteiger partial charge in [0, 0.05) is 37.6 Å². The Morgan fingerprint density at radius 1 is 1.22 bits per heavy atom. The van der Waals surface area contributed by atoms with Crippen molar-refractivity contribution in [1.29, 1.82) is 0 Å². The highest BCUT2D eigenvalue weighted by Gasteiger charge is 2.11. The molecular weight excluding hydrogens is 345 g/mol. The molecule has 6 heteroatoms. The number of amides is 1. The molecule has 0 unspecified atom stereocenters. The molecule has 0 spiro atoms. The van der Waals surface area contributed by atoms with Gasteiger partial charge in [-0.25, -0.2) is 4.39 Å². The SMILES string of the molecule is C=CC(=O)NCc1cnc(-c2ccc(F)cc2)cc1-c1ccn(C)c(=O)c1. The van der Waals surface area contributed by atoms with Crippen molar-refractivity contribution in [2.24, 2.45) is 7.05 Å². The molecule has 5 nitrogen and oxygen atoms in total. The van der Waals surface area contributed by atoms with Gasteiger partial charge in [-0.2, -0.15) is 0 Å². The van der Waals surface area contributed by atoms with Gasteiger partial charge in [0.15, 0.2) is 0 Å². The quantitative estimate of drug-likeness (QED) is 0.709. The number of pyridine rings is 2. The molecule has 27 heavy (non-hydrogen) atoms. The maximum absolute atomic E-state index is 13.2. The largest absolute Gasteiger partial charge is 0.348 e. The van der Waals surface area contributed by atoms with Crippen molar-refractivity contribution >= 4 is 5.91 Å². The second-order valence-electron chi connectivity index (χ2n) is 6.02. The summed E-state index contributed by atoms with van der Waals surface area (Å²) < 4.78 is 14.7. The van der Waals surface area contributed by atoms with Crippen molar-refractivity contribution in [3.8, 4) is 22.4 Å². The smallest absolute Gasteiger partial charge is 0.250 e. The number of aryl methyl sites for hydroxylation is 1. The summed E-state index contributed by atoms with van der Waals surface area (Å²) in [6.45, 7) is 3.68. The highest BCUT2D eigenvalue weighted by Crippen LogP contribution is 2.27. The molecule has 0 aliphatic carbocycles. The van der Waals surface area contributed by atoms with E-state index in [4.69, 9.17) is 0 Å². The molecule has 2 heterocycles. The second-order valence-corrected chi connectivity index (χ2v) is 6.02. The molecule has 0 radical (unpaired) electrons. The maximum Gasteiger partial charge on any atom is 0.250 e. The number of hydrogen-bond donors (Lipinski definition) is 1. The second kappa shape index (κ2) is 7.78. The average molecular weight is 363 g/mol. The Hall–Kier alpha value is -3.54. The van der Waals surface area contributed by atoms with Crippen LogP contribution in [0.1, 0.15) is 5.56 Å². The number of halogens is 1. The van der Waals surface area contributed by atoms with Crippen molar-refractivity contribution in [3.63, 3.8) is 0 Å². The van der Waals surface area contributed by atoms with Crippen LogP contribution in [0.5, 0.6) is 0 Å². The van der Waals surface area contributed by atoms with E-state index >= 15 is 0 Å². The minimum Gasteiger partial charge on any atom is -0.348 e. The fraction of sp³-hybridized carbons (Fsp3) is 0.0952. The number of nitrogens with zero attached hydrogens (tertiary/aromatic N) is 2. The fourth-order valence-electron chi connectivity index (χ4n) is 2.64. The van der Waals surface area contributed by atoms with Gasteiger partial charge in [0.1, 0.15) is 5.82 Å². The monoisotopic (exact) mass is 363 g/mol. The van der Waals surface area contributed by atoms with Crippen molar-refractivity contribution < 1.29 is 9.18 Å². The standard InChI is InChI=1S/C21H18FN3O2/c1-3-20(26)24-13-16-12-23-19(14-4-6-17(22)7-5-14)11-18(16)15-8-9-25(2)21(27)10-15/h3-12H,1,13H2,2H3,(H,24,26). The van der Waals surface area contributed by atoms with Crippen molar-refractivity contribution in [2.45, 2.75) is 6.54 Å². The van der Waals surface area contributed by atoms with Gasteiger partial charge >= 0.3 is 0 Å². The molecule has 2 aromatic heterocycles. The first kappa shape index (κ1) is 18.3. The minimum atomic E-state index is -0.325. The van der Waals surface area contributed by atoms with Crippen LogP contribution in [-0.2, 0) is 18.4 Å². The van der Waals surface area contributed by atoms with E-state index in [9.17, 15) is 14.0 Å². The Morgan fingerprint density at radius 2 is 1.96 bits per heavy atom. The first-order valence-electron chi connectivity index (χ1n) is 8.30. The number of carbonyl (C=O) groups is 1. The molecule has 0 aliphatic heterocycles. The van der Waals surface area contributed by atoms with Crippen LogP contribution in [0.25, 0.3) is 22.4 Å². The van der Waals surface area contributed by atoms with E-state index in [0.29, 0.717) is 11.3 Å². The summed E-state index contributed by atoms with van der Waals surface area (Å²) in [4.78, 5) is 28.0. The first-order chi connectivity index (χ1) is 13.0. The Kier molecular flexibility index (Phi) is 5.26. The number of aromatic nitrogens is 2. The normalized spacial score (nSPS) is 10.4. The summed E-state index contributed by atoms with van der Waals surface area (Å²) in [7, 11) is 1.67. The van der Waals surface area contributed by atoms with E-state index in [1.165, 1.54) is 28.8 Å². The van der Waals surface area contributed by atoms with Gasteiger partial charge in [-0.05, 0) is 59.2 Å². The highest BCUT2D eigenvalue weighted by molar-refractivity contribution is 5.87. The lowest BCUT2D eigenvalue weighted by Gasteiger charge is -2.13. The number of benzene rings is 1. The zero-order chi connectivity index (χ0) is 19.4. The molecule has 136 valence electrons. The van der Waals surface area contributed by atoms with Gasteiger partial charge in [-0.1, -0.05) is 6.58 Å². The third-order valence-corrected chi connectivity index (χ3v) is 4.18. The summed E-state index contributed by atoms with van der Waals surface area (Å²) in [5, 5.41) is 2.72. The van der Waals surface area contributed by atoms with E-state index < -0.39 is 0 Å². The average Bonchev–Trinajstić information content (AvgIpc) is 2.68. The molecular formula is C21H18FN3O2. The van der Waals surface area contributed by atoms with Gasteiger partial charge in [-0.3, -0.25) is 14.6 Å². The van der Waals surface area contributed by atoms with E-state index in [1.54, 1.807) is 31.6 Å². The topological polar surface area (TPSA) is 64.0 Å². The molecule has 0 saturated heterocycles. The predicted molar refractivity (Wildman–Crippen MR) is 102 cm³/mol. The van der Waals surface area contributed by atoms with Crippen LogP contribution in [0.15, 0.2) is 72.3 Å². The van der Waals surface area contributed by atoms with Gasteiger partial charge in [0.2, 0.25) is 5.91 Å². The zero-order valence-electron chi connectivity index (χ0n) is 14.8. The van der Waals surface area contributed by atoms with Crippen molar-refractivity contribution in [1.82, 2.24) is 14.9 Å². The molecule has 1 aromatic carbocycles. The fourth-order valence-corrected chi connectivity index (χ4v) is 2.64. The Balaban J connectivity index is 2.09. The van der Waals surface area contributed by atoms with Gasteiger partial charge in [0.25, 0.3) is 5.56 Å². The molecule has 3 aromatic rings.